The van der Waals surface area contributed by atoms with Gasteiger partial charge in [-0.25, -0.2) is 15.4 Å². The van der Waals surface area contributed by atoms with Gasteiger partial charge in [0, 0.05) is 24.7 Å². The normalized spacial score (nSPS) is 11.8. The fraction of sp³-hybridized carbons (Fsp3) is 0.321. The smallest absolute Gasteiger partial charge is 0.243 e. The van der Waals surface area contributed by atoms with E-state index in [1.165, 1.54) is 5.56 Å². The number of nitrogens with zero attached hydrogens (tertiary/aromatic N) is 2. The molecule has 0 saturated heterocycles. The first kappa shape index (κ1) is 26.1. The fourth-order valence-electron chi connectivity index (χ4n) is 4.11. The van der Waals surface area contributed by atoms with Crippen LogP contribution in [0.15, 0.2) is 67.0 Å². The lowest BCUT2D eigenvalue weighted by Crippen LogP contribution is -2.22. The molecule has 0 aliphatic rings. The number of ether oxygens (including phenoxy) is 1. The maximum atomic E-state index is 11.0. The summed E-state index contributed by atoms with van der Waals surface area (Å²) in [6, 6.07) is 20.5. The van der Waals surface area contributed by atoms with Crippen molar-refractivity contribution in [2.75, 3.05) is 25.0 Å². The molecule has 0 radical (unpaired) electrons. The molecule has 5 N–H and O–H groups in total. The van der Waals surface area contributed by atoms with Gasteiger partial charge >= 0.3 is 0 Å². The average Bonchev–Trinajstić information content (AvgIpc) is 3.38. The molecule has 4 rings (SSSR count). The Morgan fingerprint density at radius 2 is 1.84 bits per heavy atom. The van der Waals surface area contributed by atoms with E-state index in [9.17, 15) is 4.79 Å². The number of aromatic amines is 1. The van der Waals surface area contributed by atoms with Crippen molar-refractivity contribution >= 4 is 22.8 Å². The van der Waals surface area contributed by atoms with Crippen molar-refractivity contribution in [1.29, 1.82) is 0 Å². The molecule has 0 saturated carbocycles. The van der Waals surface area contributed by atoms with Crippen LogP contribution in [0.25, 0.3) is 22.3 Å². The van der Waals surface area contributed by atoms with Crippen molar-refractivity contribution in [2.24, 2.45) is 0 Å². The van der Waals surface area contributed by atoms with Crippen molar-refractivity contribution in [1.82, 2.24) is 25.7 Å². The third kappa shape index (κ3) is 7.52. The third-order valence-electron chi connectivity index (χ3n) is 6.17. The second kappa shape index (κ2) is 13.4. The summed E-state index contributed by atoms with van der Waals surface area (Å²) in [7, 11) is 0. The summed E-state index contributed by atoms with van der Waals surface area (Å²) in [5.41, 5.74) is 5.64. The Bertz CT molecular complexity index is 1260. The average molecular weight is 503 g/mol. The molecule has 2 heterocycles. The number of nitrogens with one attached hydrogen (secondary N) is 4. The van der Waals surface area contributed by atoms with Crippen molar-refractivity contribution in [3.05, 3.63) is 72.6 Å². The maximum Gasteiger partial charge on any atom is 0.243 e. The Labute approximate surface area is 216 Å². The zero-order valence-electron chi connectivity index (χ0n) is 21.0. The van der Waals surface area contributed by atoms with Gasteiger partial charge in [-0.3, -0.25) is 10.0 Å². The lowest BCUT2D eigenvalue weighted by atomic mass is 10.1. The molecule has 194 valence electrons. The van der Waals surface area contributed by atoms with Crippen LogP contribution in [0, 0.1) is 0 Å². The van der Waals surface area contributed by atoms with Gasteiger partial charge < -0.3 is 20.4 Å². The van der Waals surface area contributed by atoms with Crippen LogP contribution < -0.4 is 20.9 Å². The van der Waals surface area contributed by atoms with Crippen LogP contribution in [0.4, 0.5) is 5.82 Å². The number of hydrogen-bond donors (Lipinski definition) is 5. The molecule has 2 aromatic heterocycles. The molecule has 0 unspecified atom stereocenters. The van der Waals surface area contributed by atoms with Gasteiger partial charge in [-0.15, -0.1) is 0 Å². The fourth-order valence-corrected chi connectivity index (χ4v) is 4.11. The number of fused-ring (bicyclic) bond motifs is 1. The Balaban J connectivity index is 1.26. The van der Waals surface area contributed by atoms with Crippen molar-refractivity contribution in [2.45, 2.75) is 38.6 Å². The van der Waals surface area contributed by atoms with Crippen molar-refractivity contribution < 1.29 is 14.7 Å². The number of carbonyl (C=O) groups excluding carboxylic acids is 1. The van der Waals surface area contributed by atoms with E-state index in [-0.39, 0.29) is 11.9 Å². The van der Waals surface area contributed by atoms with Crippen LogP contribution in [0.2, 0.25) is 0 Å². The van der Waals surface area contributed by atoms with Crippen LogP contribution in [-0.4, -0.2) is 45.8 Å². The number of aromatic nitrogens is 3. The monoisotopic (exact) mass is 502 g/mol. The Hall–Kier alpha value is -3.95. The second-order valence-electron chi connectivity index (χ2n) is 8.91. The number of hydrogen-bond acceptors (Lipinski definition) is 7. The summed E-state index contributed by atoms with van der Waals surface area (Å²) < 4.78 is 5.85. The minimum absolute atomic E-state index is 0.115. The first-order valence-corrected chi connectivity index (χ1v) is 12.7. The summed E-state index contributed by atoms with van der Waals surface area (Å²) in [5, 5.41) is 16.3. The number of amides is 1. The second-order valence-corrected chi connectivity index (χ2v) is 8.91. The molecular weight excluding hydrogens is 468 g/mol. The van der Waals surface area contributed by atoms with Crippen LogP contribution in [0.5, 0.6) is 5.75 Å². The number of anilines is 1. The maximum absolute atomic E-state index is 11.0. The van der Waals surface area contributed by atoms with Gasteiger partial charge in [0.05, 0.1) is 5.39 Å². The van der Waals surface area contributed by atoms with E-state index in [4.69, 9.17) is 9.94 Å². The number of hydroxylamine groups is 1. The van der Waals surface area contributed by atoms with Gasteiger partial charge in [0.25, 0.3) is 0 Å². The van der Waals surface area contributed by atoms with Gasteiger partial charge in [-0.1, -0.05) is 36.8 Å². The Morgan fingerprint density at radius 1 is 1.03 bits per heavy atom. The summed E-state index contributed by atoms with van der Waals surface area (Å²) >= 11 is 0. The lowest BCUT2D eigenvalue weighted by Gasteiger charge is -2.15. The zero-order chi connectivity index (χ0) is 25.9. The van der Waals surface area contributed by atoms with Crippen LogP contribution >= 0.6 is 0 Å². The zero-order valence-corrected chi connectivity index (χ0v) is 21.0. The minimum Gasteiger partial charge on any atom is -0.492 e. The molecule has 0 aliphatic carbocycles. The molecule has 0 aliphatic heterocycles. The van der Waals surface area contributed by atoms with E-state index in [2.05, 4.69) is 50.7 Å². The number of rotatable bonds is 14. The van der Waals surface area contributed by atoms with E-state index in [1.807, 2.05) is 42.5 Å². The predicted molar refractivity (Wildman–Crippen MR) is 145 cm³/mol. The molecule has 4 aromatic rings. The van der Waals surface area contributed by atoms with Crippen molar-refractivity contribution in [3.63, 3.8) is 0 Å². The molecule has 37 heavy (non-hydrogen) atoms. The highest BCUT2D eigenvalue weighted by Crippen LogP contribution is 2.29. The molecule has 0 fully saturated rings. The van der Waals surface area contributed by atoms with Crippen LogP contribution in [0.3, 0.4) is 0 Å². The molecule has 1 atom stereocenters. The molecule has 0 bridgehead atoms. The first-order chi connectivity index (χ1) is 18.1. The summed E-state index contributed by atoms with van der Waals surface area (Å²) in [4.78, 5) is 23.2. The summed E-state index contributed by atoms with van der Waals surface area (Å²) in [6.07, 6.45) is 4.61. The van der Waals surface area contributed by atoms with E-state index >= 15 is 0 Å². The molecule has 9 nitrogen and oxygen atoms in total. The van der Waals surface area contributed by atoms with E-state index in [0.29, 0.717) is 13.0 Å². The standard InChI is InChI=1S/C28H34N6O3/c1-20(21-8-4-2-5-9-21)32-27-24-18-25(33-28(24)31-19-30-27)22-11-13-23(14-12-22)37-17-16-29-15-7-3-6-10-26(35)34-36/h2,4-5,8-9,11-14,18-20,29,36H,3,6-7,10,15-17H2,1H3,(H,34,35)(H2,30,31,32,33)/t20-/m1/s1. The SMILES string of the molecule is C[C@@H](Nc1ncnc2[nH]c(-c3ccc(OCCNCCCCCC(=O)NO)cc3)cc12)c1ccccc1. The highest BCUT2D eigenvalue weighted by Gasteiger charge is 2.12. The molecule has 0 spiro atoms. The van der Waals surface area contributed by atoms with Crippen LogP contribution in [-0.2, 0) is 4.79 Å². The third-order valence-corrected chi connectivity index (χ3v) is 6.17. The quantitative estimate of drug-likeness (QED) is 0.0950. The highest BCUT2D eigenvalue weighted by atomic mass is 16.5. The van der Waals surface area contributed by atoms with Gasteiger partial charge in [0.15, 0.2) is 0 Å². The Kier molecular flexibility index (Phi) is 9.45. The number of unbranched alkanes of at least 4 members (excludes halogenated alkanes) is 2. The Morgan fingerprint density at radius 3 is 2.62 bits per heavy atom. The molecule has 1 amide bonds. The van der Waals surface area contributed by atoms with Crippen molar-refractivity contribution in [3.8, 4) is 17.0 Å². The number of benzene rings is 2. The molecular formula is C28H34N6O3. The topological polar surface area (TPSA) is 124 Å². The highest BCUT2D eigenvalue weighted by molar-refractivity contribution is 5.91. The first-order valence-electron chi connectivity index (χ1n) is 12.7. The van der Waals surface area contributed by atoms with Gasteiger partial charge in [0.2, 0.25) is 5.91 Å². The summed E-state index contributed by atoms with van der Waals surface area (Å²) in [5.74, 6) is 1.28. The van der Waals surface area contributed by atoms with Gasteiger partial charge in [-0.05, 0) is 67.8 Å². The molecule has 2 aromatic carbocycles. The van der Waals surface area contributed by atoms with E-state index in [1.54, 1.807) is 11.8 Å². The predicted octanol–water partition coefficient (Wildman–Crippen LogP) is 4.83. The largest absolute Gasteiger partial charge is 0.492 e. The lowest BCUT2D eigenvalue weighted by molar-refractivity contribution is -0.129. The number of H-pyrrole nitrogens is 1. The number of carbonyl (C=O) groups is 1. The summed E-state index contributed by atoms with van der Waals surface area (Å²) in [6.45, 7) is 4.31. The van der Waals surface area contributed by atoms with E-state index in [0.717, 1.165) is 66.2 Å². The molecule has 9 heteroatoms. The van der Waals surface area contributed by atoms with E-state index < -0.39 is 0 Å². The van der Waals surface area contributed by atoms with Gasteiger partial charge in [0.1, 0.15) is 30.1 Å². The minimum atomic E-state index is -0.333. The van der Waals surface area contributed by atoms with Gasteiger partial charge in [-0.2, -0.15) is 0 Å². The van der Waals surface area contributed by atoms with Crippen LogP contribution in [0.1, 0.15) is 44.2 Å².